The lowest BCUT2D eigenvalue weighted by Crippen LogP contribution is -2.38. The SMILES string of the molecule is CCNC(=NCCc1cccc(Cl)c1)NCCc1ccc(Cl)nc1. The molecule has 4 nitrogen and oxygen atoms in total. The fraction of sp³-hybridized carbons (Fsp3) is 0.333. The molecular weight excluding hydrogens is 343 g/mol. The van der Waals surface area contributed by atoms with Crippen LogP contribution >= 0.6 is 23.2 Å². The first-order valence-electron chi connectivity index (χ1n) is 8.04. The Kier molecular flexibility index (Phi) is 7.86. The van der Waals surface area contributed by atoms with Gasteiger partial charge in [0.2, 0.25) is 0 Å². The zero-order valence-electron chi connectivity index (χ0n) is 13.7. The predicted molar refractivity (Wildman–Crippen MR) is 102 cm³/mol. The Morgan fingerprint density at radius 1 is 1.08 bits per heavy atom. The lowest BCUT2D eigenvalue weighted by molar-refractivity contribution is 0.795. The quantitative estimate of drug-likeness (QED) is 0.447. The molecule has 0 spiro atoms. The van der Waals surface area contributed by atoms with Crippen LogP contribution < -0.4 is 10.6 Å². The van der Waals surface area contributed by atoms with Crippen molar-refractivity contribution in [2.45, 2.75) is 19.8 Å². The van der Waals surface area contributed by atoms with Gasteiger partial charge < -0.3 is 10.6 Å². The Morgan fingerprint density at radius 2 is 1.96 bits per heavy atom. The maximum atomic E-state index is 6.00. The van der Waals surface area contributed by atoms with Crippen LogP contribution in [0.5, 0.6) is 0 Å². The van der Waals surface area contributed by atoms with E-state index < -0.39 is 0 Å². The zero-order chi connectivity index (χ0) is 17.2. The van der Waals surface area contributed by atoms with Crippen molar-refractivity contribution in [3.05, 3.63) is 63.9 Å². The summed E-state index contributed by atoms with van der Waals surface area (Å²) >= 11 is 11.8. The number of hydrogen-bond acceptors (Lipinski definition) is 2. The third kappa shape index (κ3) is 6.77. The maximum Gasteiger partial charge on any atom is 0.191 e. The Bertz CT molecular complexity index is 656. The second kappa shape index (κ2) is 10.2. The topological polar surface area (TPSA) is 49.3 Å². The number of nitrogens with one attached hydrogen (secondary N) is 2. The van der Waals surface area contributed by atoms with Crippen molar-refractivity contribution in [1.82, 2.24) is 15.6 Å². The maximum absolute atomic E-state index is 6.00. The first-order chi connectivity index (χ1) is 11.7. The molecule has 1 heterocycles. The summed E-state index contributed by atoms with van der Waals surface area (Å²) in [5, 5.41) is 7.86. The van der Waals surface area contributed by atoms with E-state index in [2.05, 4.69) is 33.6 Å². The van der Waals surface area contributed by atoms with Crippen LogP contribution in [-0.4, -0.2) is 30.6 Å². The lowest BCUT2D eigenvalue weighted by atomic mass is 10.1. The van der Waals surface area contributed by atoms with E-state index in [0.29, 0.717) is 11.7 Å². The molecule has 0 bridgehead atoms. The van der Waals surface area contributed by atoms with Crippen LogP contribution in [0.2, 0.25) is 10.2 Å². The third-order valence-electron chi connectivity index (χ3n) is 3.40. The van der Waals surface area contributed by atoms with Crippen LogP contribution in [0.3, 0.4) is 0 Å². The number of rotatable bonds is 7. The summed E-state index contributed by atoms with van der Waals surface area (Å²) in [6.07, 6.45) is 3.52. The number of nitrogens with zero attached hydrogens (tertiary/aromatic N) is 2. The van der Waals surface area contributed by atoms with Crippen LogP contribution in [-0.2, 0) is 12.8 Å². The van der Waals surface area contributed by atoms with Gasteiger partial charge in [0.05, 0.1) is 0 Å². The summed E-state index contributed by atoms with van der Waals surface area (Å²) in [4.78, 5) is 8.68. The molecule has 128 valence electrons. The first kappa shape index (κ1) is 18.6. The molecule has 0 saturated heterocycles. The van der Waals surface area contributed by atoms with Gasteiger partial charge in [-0.1, -0.05) is 41.4 Å². The van der Waals surface area contributed by atoms with Crippen LogP contribution in [0.25, 0.3) is 0 Å². The monoisotopic (exact) mass is 364 g/mol. The van der Waals surface area contributed by atoms with Gasteiger partial charge in [0.1, 0.15) is 5.15 Å². The molecule has 0 amide bonds. The van der Waals surface area contributed by atoms with Gasteiger partial charge in [-0.25, -0.2) is 4.98 Å². The Balaban J connectivity index is 1.80. The summed E-state index contributed by atoms with van der Waals surface area (Å²) in [6.45, 7) is 4.37. The molecule has 0 atom stereocenters. The van der Waals surface area contributed by atoms with Crippen LogP contribution in [0.1, 0.15) is 18.1 Å². The van der Waals surface area contributed by atoms with Gasteiger partial charge in [-0.15, -0.1) is 0 Å². The molecule has 6 heteroatoms. The highest BCUT2D eigenvalue weighted by Gasteiger charge is 1.99. The van der Waals surface area contributed by atoms with Crippen molar-refractivity contribution < 1.29 is 0 Å². The van der Waals surface area contributed by atoms with Gasteiger partial charge in [0.25, 0.3) is 0 Å². The van der Waals surface area contributed by atoms with Crippen molar-refractivity contribution in [3.63, 3.8) is 0 Å². The number of benzene rings is 1. The fourth-order valence-electron chi connectivity index (χ4n) is 2.21. The molecule has 0 saturated carbocycles. The molecule has 0 aliphatic carbocycles. The summed E-state index contributed by atoms with van der Waals surface area (Å²) in [7, 11) is 0. The Hall–Kier alpha value is -1.78. The zero-order valence-corrected chi connectivity index (χ0v) is 15.2. The van der Waals surface area contributed by atoms with Crippen LogP contribution in [0, 0.1) is 0 Å². The number of aromatic nitrogens is 1. The Morgan fingerprint density at radius 3 is 2.67 bits per heavy atom. The largest absolute Gasteiger partial charge is 0.357 e. The standard InChI is InChI=1S/C18H22Cl2N4/c1-2-21-18(22-10-8-14-4-3-5-16(19)12-14)23-11-9-15-6-7-17(20)24-13-15/h3-7,12-13H,2,8-11H2,1H3,(H2,21,22,23). The summed E-state index contributed by atoms with van der Waals surface area (Å²) < 4.78 is 0. The second-order valence-corrected chi connectivity index (χ2v) is 6.13. The third-order valence-corrected chi connectivity index (χ3v) is 3.86. The highest BCUT2D eigenvalue weighted by atomic mass is 35.5. The fourth-order valence-corrected chi connectivity index (χ4v) is 2.54. The van der Waals surface area contributed by atoms with Crippen molar-refractivity contribution in [2.24, 2.45) is 4.99 Å². The molecule has 0 unspecified atom stereocenters. The lowest BCUT2D eigenvalue weighted by Gasteiger charge is -2.11. The molecule has 0 aliphatic rings. The molecule has 2 rings (SSSR count). The van der Waals surface area contributed by atoms with E-state index >= 15 is 0 Å². The molecule has 0 fully saturated rings. The van der Waals surface area contributed by atoms with Crippen molar-refractivity contribution in [1.29, 1.82) is 0 Å². The molecule has 0 radical (unpaired) electrons. The molecule has 2 aromatic rings. The van der Waals surface area contributed by atoms with E-state index in [1.807, 2.05) is 24.3 Å². The minimum atomic E-state index is 0.516. The minimum absolute atomic E-state index is 0.516. The minimum Gasteiger partial charge on any atom is -0.357 e. The van der Waals surface area contributed by atoms with Gasteiger partial charge in [0, 0.05) is 30.9 Å². The van der Waals surface area contributed by atoms with Gasteiger partial charge in [-0.3, -0.25) is 4.99 Å². The molecule has 0 aliphatic heterocycles. The molecule has 2 N–H and O–H groups in total. The second-order valence-electron chi connectivity index (χ2n) is 5.31. The number of pyridine rings is 1. The van der Waals surface area contributed by atoms with Gasteiger partial charge >= 0.3 is 0 Å². The van der Waals surface area contributed by atoms with E-state index in [0.717, 1.165) is 42.5 Å². The van der Waals surface area contributed by atoms with Gasteiger partial charge in [-0.05, 0) is 49.1 Å². The van der Waals surface area contributed by atoms with Crippen molar-refractivity contribution >= 4 is 29.2 Å². The summed E-state index contributed by atoms with van der Waals surface area (Å²) in [6, 6.07) is 11.7. The normalized spacial score (nSPS) is 11.4. The van der Waals surface area contributed by atoms with Gasteiger partial charge in [0.15, 0.2) is 5.96 Å². The smallest absolute Gasteiger partial charge is 0.191 e. The Labute approximate surface area is 153 Å². The van der Waals surface area contributed by atoms with E-state index in [1.165, 1.54) is 5.56 Å². The molecule has 24 heavy (non-hydrogen) atoms. The predicted octanol–water partition coefficient (Wildman–Crippen LogP) is 3.73. The summed E-state index contributed by atoms with van der Waals surface area (Å²) in [5.74, 6) is 0.821. The highest BCUT2D eigenvalue weighted by Crippen LogP contribution is 2.11. The first-order valence-corrected chi connectivity index (χ1v) is 8.80. The van der Waals surface area contributed by atoms with Crippen LogP contribution in [0.4, 0.5) is 0 Å². The van der Waals surface area contributed by atoms with Crippen molar-refractivity contribution in [3.8, 4) is 0 Å². The number of aliphatic imine (C=N–C) groups is 1. The molecular formula is C18H22Cl2N4. The van der Waals surface area contributed by atoms with E-state index in [9.17, 15) is 0 Å². The van der Waals surface area contributed by atoms with Crippen LogP contribution in [0.15, 0.2) is 47.6 Å². The summed E-state index contributed by atoms with van der Waals surface area (Å²) in [5.41, 5.74) is 2.33. The molecule has 1 aromatic heterocycles. The van der Waals surface area contributed by atoms with E-state index in [4.69, 9.17) is 23.2 Å². The highest BCUT2D eigenvalue weighted by molar-refractivity contribution is 6.30. The molecule has 1 aromatic carbocycles. The average molecular weight is 365 g/mol. The number of halogens is 2. The van der Waals surface area contributed by atoms with E-state index in [-0.39, 0.29) is 0 Å². The average Bonchev–Trinajstić information content (AvgIpc) is 2.57. The van der Waals surface area contributed by atoms with E-state index in [1.54, 1.807) is 12.3 Å². The number of guanidine groups is 1. The number of hydrogen-bond donors (Lipinski definition) is 2. The van der Waals surface area contributed by atoms with Gasteiger partial charge in [-0.2, -0.15) is 0 Å². The van der Waals surface area contributed by atoms with Crippen molar-refractivity contribution in [2.75, 3.05) is 19.6 Å².